The first-order chi connectivity index (χ1) is 13.5. The first-order valence-electron chi connectivity index (χ1n) is 7.50. The summed E-state index contributed by atoms with van der Waals surface area (Å²) < 4.78 is 66.8. The Morgan fingerprint density at radius 1 is 1.38 bits per heavy atom. The third kappa shape index (κ3) is 4.26. The van der Waals surface area contributed by atoms with Gasteiger partial charge < -0.3 is 0 Å². The number of carbonyl (C=O) groups is 1. The third-order valence-corrected chi connectivity index (χ3v) is 5.99. The van der Waals surface area contributed by atoms with Crippen LogP contribution in [-0.2, 0) is 21.0 Å². The van der Waals surface area contributed by atoms with Crippen LogP contribution in [0.3, 0.4) is 0 Å². The van der Waals surface area contributed by atoms with Crippen LogP contribution >= 0.6 is 22.9 Å². The highest BCUT2D eigenvalue weighted by Crippen LogP contribution is 2.33. The molecule has 0 aliphatic rings. The molecule has 0 atom stereocenters. The molecule has 0 saturated carbocycles. The first-order valence-corrected chi connectivity index (χ1v) is 10.2. The predicted molar refractivity (Wildman–Crippen MR) is 98.6 cm³/mol. The molecule has 0 unspecified atom stereocenters. The molecule has 3 aromatic rings. The fourth-order valence-corrected chi connectivity index (χ4v) is 4.30. The van der Waals surface area contributed by atoms with Gasteiger partial charge in [0.15, 0.2) is 10.1 Å². The van der Waals surface area contributed by atoms with Crippen LogP contribution in [0.15, 0.2) is 40.7 Å². The lowest BCUT2D eigenvalue weighted by Gasteiger charge is -2.11. The summed E-state index contributed by atoms with van der Waals surface area (Å²) in [6, 6.07) is 3.15. The molecule has 0 radical (unpaired) electrons. The molecule has 2 aromatic heterocycles. The fourth-order valence-electron chi connectivity index (χ4n) is 2.33. The van der Waals surface area contributed by atoms with Crippen molar-refractivity contribution in [1.29, 1.82) is 5.26 Å². The van der Waals surface area contributed by atoms with Gasteiger partial charge in [0, 0.05) is 17.7 Å². The van der Waals surface area contributed by atoms with E-state index in [1.807, 2.05) is 0 Å². The van der Waals surface area contributed by atoms with E-state index in [-0.39, 0.29) is 5.15 Å². The molecule has 29 heavy (non-hydrogen) atoms. The van der Waals surface area contributed by atoms with E-state index < -0.39 is 38.1 Å². The molecule has 0 spiro atoms. The van der Waals surface area contributed by atoms with Crippen molar-refractivity contribution in [2.75, 3.05) is 0 Å². The number of hydrogen-bond donors (Lipinski definition) is 1. The van der Waals surface area contributed by atoms with Gasteiger partial charge in [0.05, 0.1) is 27.8 Å². The minimum absolute atomic E-state index is 0.0886. The van der Waals surface area contributed by atoms with Gasteiger partial charge in [-0.25, -0.2) is 18.1 Å². The van der Waals surface area contributed by atoms with Crippen molar-refractivity contribution < 1.29 is 26.4 Å². The molecule has 1 aromatic carbocycles. The second-order valence-electron chi connectivity index (χ2n) is 5.46. The maximum atomic E-state index is 13.0. The topological polar surface area (TPSA) is 104 Å². The van der Waals surface area contributed by atoms with Gasteiger partial charge in [-0.3, -0.25) is 9.20 Å². The van der Waals surface area contributed by atoms with Gasteiger partial charge in [-0.05, 0) is 24.3 Å². The van der Waals surface area contributed by atoms with Crippen molar-refractivity contribution in [3.8, 4) is 6.07 Å². The lowest BCUT2D eigenvalue weighted by Crippen LogP contribution is -2.29. The van der Waals surface area contributed by atoms with Crippen molar-refractivity contribution in [3.63, 3.8) is 0 Å². The second kappa shape index (κ2) is 7.51. The van der Waals surface area contributed by atoms with E-state index >= 15 is 0 Å². The van der Waals surface area contributed by atoms with Crippen LogP contribution in [0, 0.1) is 11.3 Å². The van der Waals surface area contributed by atoms with Gasteiger partial charge in [-0.1, -0.05) is 11.6 Å². The van der Waals surface area contributed by atoms with Crippen molar-refractivity contribution in [3.05, 3.63) is 57.8 Å². The zero-order chi connectivity index (χ0) is 21.4. The third-order valence-electron chi connectivity index (χ3n) is 3.61. The van der Waals surface area contributed by atoms with E-state index in [2.05, 4.69) is 4.98 Å². The van der Waals surface area contributed by atoms with Crippen LogP contribution in [0.4, 0.5) is 13.2 Å². The highest BCUT2D eigenvalue weighted by molar-refractivity contribution is 7.90. The van der Waals surface area contributed by atoms with E-state index in [0.29, 0.717) is 16.7 Å². The van der Waals surface area contributed by atoms with Crippen LogP contribution in [0.1, 0.15) is 16.8 Å². The summed E-state index contributed by atoms with van der Waals surface area (Å²) in [5, 5.41) is 10.6. The number of nitrogens with one attached hydrogen (secondary N) is 1. The van der Waals surface area contributed by atoms with Crippen LogP contribution in [0.2, 0.25) is 5.15 Å². The summed E-state index contributed by atoms with van der Waals surface area (Å²) >= 11 is 7.24. The molecule has 2 heterocycles. The quantitative estimate of drug-likeness (QED) is 0.600. The highest BCUT2D eigenvalue weighted by Gasteiger charge is 2.35. The average molecular weight is 461 g/mol. The van der Waals surface area contributed by atoms with Crippen molar-refractivity contribution >= 4 is 49.9 Å². The van der Waals surface area contributed by atoms with Gasteiger partial charge in [0.25, 0.3) is 15.9 Å². The number of hydrogen-bond acceptors (Lipinski definition) is 6. The number of alkyl halides is 3. The minimum atomic E-state index is -4.94. The number of halogens is 4. The Morgan fingerprint density at radius 3 is 2.76 bits per heavy atom. The molecule has 1 N–H and O–H groups in total. The number of aromatic nitrogens is 2. The normalized spacial score (nSPS) is 12.4. The van der Waals surface area contributed by atoms with Gasteiger partial charge in [-0.2, -0.15) is 18.4 Å². The molecule has 150 valence electrons. The van der Waals surface area contributed by atoms with Gasteiger partial charge >= 0.3 is 6.18 Å². The molecule has 0 bridgehead atoms. The van der Waals surface area contributed by atoms with Gasteiger partial charge in [0.2, 0.25) is 0 Å². The number of thiazole rings is 1. The van der Waals surface area contributed by atoms with Crippen LogP contribution in [-0.4, -0.2) is 23.7 Å². The van der Waals surface area contributed by atoms with Crippen molar-refractivity contribution in [2.45, 2.75) is 11.1 Å². The molecule has 0 fully saturated rings. The van der Waals surface area contributed by atoms with Crippen LogP contribution in [0.5, 0.6) is 0 Å². The Labute approximate surface area is 170 Å². The summed E-state index contributed by atoms with van der Waals surface area (Å²) in [5.74, 6) is -1.11. The Balaban J connectivity index is 1.86. The van der Waals surface area contributed by atoms with E-state index in [4.69, 9.17) is 16.9 Å². The summed E-state index contributed by atoms with van der Waals surface area (Å²) in [6.45, 7) is 0. The van der Waals surface area contributed by atoms with Gasteiger partial charge in [0.1, 0.15) is 0 Å². The van der Waals surface area contributed by atoms with E-state index in [1.54, 1.807) is 20.7 Å². The number of amides is 1. The van der Waals surface area contributed by atoms with Crippen LogP contribution < -0.4 is 4.72 Å². The van der Waals surface area contributed by atoms with Gasteiger partial charge in [-0.15, -0.1) is 11.3 Å². The summed E-state index contributed by atoms with van der Waals surface area (Å²) in [6.07, 6.45) is -1.22. The van der Waals surface area contributed by atoms with Crippen molar-refractivity contribution in [2.24, 2.45) is 0 Å². The lowest BCUT2D eigenvalue weighted by molar-refractivity contribution is -0.137. The van der Waals surface area contributed by atoms with Crippen LogP contribution in [0.25, 0.3) is 11.0 Å². The van der Waals surface area contributed by atoms with E-state index in [0.717, 1.165) is 18.2 Å². The molecule has 0 aliphatic heterocycles. The van der Waals surface area contributed by atoms with E-state index in [1.165, 1.54) is 23.5 Å². The number of nitrogens with zero attached hydrogens (tertiary/aromatic N) is 3. The average Bonchev–Trinajstić information content (AvgIpc) is 3.19. The summed E-state index contributed by atoms with van der Waals surface area (Å²) in [7, 11) is -4.61. The Kier molecular flexibility index (Phi) is 5.40. The number of carbonyl (C=O) groups excluding carboxylic acids is 1. The molecule has 13 heteroatoms. The number of fused-ring (bicyclic) bond motifs is 1. The molecule has 0 aliphatic carbocycles. The number of benzene rings is 1. The predicted octanol–water partition coefficient (Wildman–Crippen LogP) is 3.46. The fraction of sp³-hybridized carbons (Fsp3) is 0.0625. The minimum Gasteiger partial charge on any atom is -0.289 e. The summed E-state index contributed by atoms with van der Waals surface area (Å²) in [4.78, 5) is 15.8. The number of sulfonamides is 1. The molecule has 7 nitrogen and oxygen atoms in total. The summed E-state index contributed by atoms with van der Waals surface area (Å²) in [5.41, 5.74) is -1.83. The highest BCUT2D eigenvalue weighted by atomic mass is 35.5. The zero-order valence-corrected chi connectivity index (χ0v) is 16.3. The Hall–Kier alpha value is -2.88. The number of rotatable bonds is 4. The second-order valence-corrected chi connectivity index (χ2v) is 8.38. The number of imidazole rings is 1. The lowest BCUT2D eigenvalue weighted by atomic mass is 10.1. The van der Waals surface area contributed by atoms with E-state index in [9.17, 15) is 26.4 Å². The smallest absolute Gasteiger partial charge is 0.289 e. The molecule has 3 rings (SSSR count). The maximum absolute atomic E-state index is 13.0. The molecule has 0 saturated heterocycles. The molecular formula is C16H8ClF3N4O3S2. The standard InChI is InChI=1S/C16H8ClF3N4O3S2/c17-14-12(24-5-6-28-15(24)22-14)3-4-13(25)23-29(26,27)10-2-1-9(8-21)11(7-10)16(18,19)20/h1-7H,(H,23,25)/b4-3+. The first kappa shape index (κ1) is 20.8. The zero-order valence-electron chi connectivity index (χ0n) is 13.9. The van der Waals surface area contributed by atoms with Crippen molar-refractivity contribution in [1.82, 2.24) is 14.1 Å². The Morgan fingerprint density at radius 2 is 2.10 bits per heavy atom. The molecular weight excluding hydrogens is 453 g/mol. The number of nitriles is 1. The molecule has 1 amide bonds. The largest absolute Gasteiger partial charge is 0.417 e. The maximum Gasteiger partial charge on any atom is 0.417 e. The Bertz CT molecular complexity index is 1290. The SMILES string of the molecule is N#Cc1ccc(S(=O)(=O)NC(=O)/C=C/c2c(Cl)nc3sccn23)cc1C(F)(F)F. The monoisotopic (exact) mass is 460 g/mol.